The number of halogens is 4. The van der Waals surface area contributed by atoms with Crippen LogP contribution in [0.25, 0.3) is 0 Å². The molecule has 0 radical (unpaired) electrons. The first-order valence-electron chi connectivity index (χ1n) is 32.5. The van der Waals surface area contributed by atoms with Gasteiger partial charge in [-0.2, -0.15) is 13.2 Å². The maximum Gasteiger partial charge on any atom is 0.419 e. The Morgan fingerprint density at radius 2 is 1.19 bits per heavy atom. The number of likely N-dealkylation sites (N-methyl/N-ethyl adjacent to an activating group) is 6. The summed E-state index contributed by atoms with van der Waals surface area (Å²) in [4.78, 5) is 168. The second-order valence-electron chi connectivity index (χ2n) is 27.0. The average Bonchev–Trinajstić information content (AvgIpc) is 1.77. The lowest BCUT2D eigenvalue weighted by Gasteiger charge is -2.39. The molecule has 1 aromatic carbocycles. The van der Waals surface area contributed by atoms with Crippen LogP contribution in [0.2, 0.25) is 0 Å². The number of carbonyl (C=O) groups excluding carboxylic acids is 11. The van der Waals surface area contributed by atoms with Crippen molar-refractivity contribution < 1.29 is 70.3 Å². The van der Waals surface area contributed by atoms with Crippen LogP contribution in [0.3, 0.4) is 0 Å². The Hall–Kier alpha value is -6.89. The molecule has 4 fully saturated rings. The lowest BCUT2D eigenvalue weighted by Crippen LogP contribution is -2.64. The molecular weight excluding hydrogens is 1190 g/mol. The highest BCUT2D eigenvalue weighted by molar-refractivity contribution is 5.99. The summed E-state index contributed by atoms with van der Waals surface area (Å²) in [7, 11) is 8.49. The number of carbonyl (C=O) groups is 11. The Morgan fingerprint density at radius 3 is 1.77 bits per heavy atom. The second-order valence-corrected chi connectivity index (χ2v) is 27.0. The highest BCUT2D eigenvalue weighted by Crippen LogP contribution is 2.35. The number of hydrogen-bond donors (Lipinski definition) is 4. The quantitative estimate of drug-likeness (QED) is 0.214. The first-order valence-corrected chi connectivity index (χ1v) is 32.5. The molecule has 2 saturated carbocycles. The smallest absolute Gasteiger partial charge is 0.351 e. The topological polar surface area (TPSA) is 259 Å². The van der Waals surface area contributed by atoms with Gasteiger partial charge < -0.3 is 55.6 Å². The van der Waals surface area contributed by atoms with Crippen molar-refractivity contribution in [3.05, 3.63) is 35.1 Å². The first-order chi connectivity index (χ1) is 42.6. The molecule has 11 amide bonds. The highest BCUT2D eigenvalue weighted by atomic mass is 19.4. The van der Waals surface area contributed by atoms with Crippen LogP contribution in [-0.2, 0) is 65.3 Å². The van der Waals surface area contributed by atoms with Crippen LogP contribution in [0.5, 0.6) is 0 Å². The largest absolute Gasteiger partial charge is 0.419 e. The lowest BCUT2D eigenvalue weighted by atomic mass is 9.84. The van der Waals surface area contributed by atoms with Gasteiger partial charge in [0.25, 0.3) is 0 Å². The Morgan fingerprint density at radius 1 is 0.615 bits per heavy atom. The van der Waals surface area contributed by atoms with Gasteiger partial charge in [0, 0.05) is 61.3 Å². The zero-order valence-electron chi connectivity index (χ0n) is 55.8. The molecule has 4 N–H and O–H groups in total. The lowest BCUT2D eigenvalue weighted by molar-refractivity contribution is -0.149. The van der Waals surface area contributed by atoms with Crippen LogP contribution < -0.4 is 21.3 Å². The summed E-state index contributed by atoms with van der Waals surface area (Å²) >= 11 is 0. The van der Waals surface area contributed by atoms with Crippen molar-refractivity contribution in [2.75, 3.05) is 68.5 Å². The summed E-state index contributed by atoms with van der Waals surface area (Å²) < 4.78 is 55.8. The third kappa shape index (κ3) is 20.1. The Labute approximate surface area is 534 Å². The predicted molar refractivity (Wildman–Crippen MR) is 332 cm³/mol. The molecule has 2 heterocycles. The molecule has 8 atom stereocenters. The van der Waals surface area contributed by atoms with Gasteiger partial charge in [-0.15, -0.1) is 0 Å². The molecule has 5 rings (SSSR count). The number of aryl methyl sites for hydroxylation is 1. The van der Waals surface area contributed by atoms with Crippen molar-refractivity contribution in [1.82, 2.24) is 55.6 Å². The SMILES string of the molecule is CC[C@H](C)[C@@H]1NC(=O)[C@H](CC(C)C)N(C)C(=O)C[C@@H](C)NC(=O)[C@H](CC(C)C)N(C)C(=O)C2(CCCC2)NC(=O)C2CCCN2C(=O)[C@H](CCc2ccc(C(F)(F)F)c(F)c2)NC(=O)CN(C)C(=O)[C@H](CC2CCCCC2)N(C)C(=O)CN(C)C(=O)CN(C)C1=O. The van der Waals surface area contributed by atoms with Crippen molar-refractivity contribution >= 4 is 65.0 Å². The van der Waals surface area contributed by atoms with E-state index in [1.165, 1.54) is 61.9 Å². The van der Waals surface area contributed by atoms with E-state index in [2.05, 4.69) is 21.3 Å². The fourth-order valence-corrected chi connectivity index (χ4v) is 13.0. The van der Waals surface area contributed by atoms with E-state index in [4.69, 9.17) is 0 Å². The predicted octanol–water partition coefficient (Wildman–Crippen LogP) is 5.04. The zero-order chi connectivity index (χ0) is 68.0. The summed E-state index contributed by atoms with van der Waals surface area (Å²) in [5, 5.41) is 11.5. The van der Waals surface area contributed by atoms with Crippen molar-refractivity contribution in [3.8, 4) is 0 Å². The number of fused-ring (bicyclic) bond motifs is 1. The molecular formula is C65H101F4N11O11. The molecule has 2 aliphatic carbocycles. The molecule has 22 nitrogen and oxygen atoms in total. The third-order valence-electron chi connectivity index (χ3n) is 18.8. The number of nitrogens with one attached hydrogen (secondary N) is 4. The summed E-state index contributed by atoms with van der Waals surface area (Å²) in [5.41, 5.74) is -2.94. The third-order valence-corrected chi connectivity index (χ3v) is 18.8. The second kappa shape index (κ2) is 33.1. The monoisotopic (exact) mass is 1290 g/mol. The Bertz CT molecular complexity index is 2770. The van der Waals surface area contributed by atoms with Crippen LogP contribution >= 0.6 is 0 Å². The van der Waals surface area contributed by atoms with Crippen molar-refractivity contribution in [3.63, 3.8) is 0 Å². The zero-order valence-corrected chi connectivity index (χ0v) is 55.8. The molecule has 1 aromatic rings. The van der Waals surface area contributed by atoms with Gasteiger partial charge in [0.2, 0.25) is 65.0 Å². The van der Waals surface area contributed by atoms with Gasteiger partial charge in [-0.05, 0) is 106 Å². The van der Waals surface area contributed by atoms with E-state index in [0.717, 1.165) is 52.9 Å². The fourth-order valence-electron chi connectivity index (χ4n) is 13.0. The maximum atomic E-state index is 15.0. The molecule has 91 heavy (non-hydrogen) atoms. The van der Waals surface area contributed by atoms with Crippen LogP contribution in [0, 0.1) is 29.5 Å². The van der Waals surface area contributed by atoms with E-state index in [1.807, 2.05) is 34.6 Å². The molecule has 1 spiro atoms. The maximum absolute atomic E-state index is 15.0. The highest BCUT2D eigenvalue weighted by Gasteiger charge is 2.49. The minimum Gasteiger partial charge on any atom is -0.351 e. The van der Waals surface area contributed by atoms with Crippen LogP contribution in [-0.4, -0.2) is 216 Å². The van der Waals surface area contributed by atoms with Crippen molar-refractivity contribution in [2.45, 2.75) is 218 Å². The van der Waals surface area contributed by atoms with Crippen LogP contribution in [0.15, 0.2) is 18.2 Å². The average molecular weight is 1290 g/mol. The molecule has 0 aromatic heterocycles. The normalized spacial score (nSPS) is 26.2. The van der Waals surface area contributed by atoms with Gasteiger partial charge in [-0.25, -0.2) is 4.39 Å². The summed E-state index contributed by atoms with van der Waals surface area (Å²) in [6, 6.07) is -5.57. The molecule has 510 valence electrons. The number of hydrogen-bond acceptors (Lipinski definition) is 11. The van der Waals surface area contributed by atoms with Gasteiger partial charge >= 0.3 is 6.18 Å². The van der Waals surface area contributed by atoms with E-state index >= 15 is 4.79 Å². The standard InChI is InChI=1S/C65H101F4N11O11/c1-14-41(6)56-62(90)76(10)37-54(83)74(8)38-55(84)78(12)51(35-43-21-16-15-17-22-43)61(89)75(9)36-52(81)71-47(27-25-44-24-26-45(46(66)34-44)65(67,68)69)60(88)80-30-20-23-48(80)59(87)73-64(28-18-19-29-64)63(91)79(13)50(32-40(4)5)57(85)70-42(7)33-53(82)77(11)49(31-39(2)3)58(86)72-56/h24,26,34,39-43,47-51,56H,14-23,25,27-33,35-38H2,1-13H3,(H,70,85)(H,71,81)(H,72,86)(H,73,87)/t41-,42+,47-,48?,49-,50-,51-,56-/m0/s1. The summed E-state index contributed by atoms with van der Waals surface area (Å²) in [6.07, 6.45) is 1.51. The van der Waals surface area contributed by atoms with Gasteiger partial charge in [0.15, 0.2) is 0 Å². The fraction of sp³-hybridized carbons (Fsp3) is 0.738. The van der Waals surface area contributed by atoms with Gasteiger partial charge in [0.1, 0.15) is 47.6 Å². The number of rotatable bonds is 11. The first kappa shape index (κ1) is 74.8. The molecule has 4 aliphatic rings. The molecule has 2 aliphatic heterocycles. The Balaban J connectivity index is 1.55. The molecule has 0 bridgehead atoms. The number of benzene rings is 1. The molecule has 26 heteroatoms. The van der Waals surface area contributed by atoms with Crippen molar-refractivity contribution in [1.29, 1.82) is 0 Å². The van der Waals surface area contributed by atoms with E-state index in [1.54, 1.807) is 13.8 Å². The van der Waals surface area contributed by atoms with E-state index < -0.39 is 156 Å². The Kier molecular flexibility index (Phi) is 27.2. The molecule has 1 unspecified atom stereocenters. The minimum atomic E-state index is -4.99. The number of nitrogens with zero attached hydrogens (tertiary/aromatic N) is 7. The molecule has 2 saturated heterocycles. The van der Waals surface area contributed by atoms with Crippen LogP contribution in [0.4, 0.5) is 17.6 Å². The van der Waals surface area contributed by atoms with Crippen LogP contribution in [0.1, 0.15) is 169 Å². The van der Waals surface area contributed by atoms with E-state index in [0.29, 0.717) is 37.8 Å². The van der Waals surface area contributed by atoms with Crippen molar-refractivity contribution in [2.24, 2.45) is 23.7 Å². The van der Waals surface area contributed by atoms with E-state index in [9.17, 15) is 65.5 Å². The van der Waals surface area contributed by atoms with Gasteiger partial charge in [-0.1, -0.05) is 99.0 Å². The van der Waals surface area contributed by atoms with Gasteiger partial charge in [0.05, 0.1) is 25.2 Å². The van der Waals surface area contributed by atoms with E-state index in [-0.39, 0.29) is 87.6 Å². The van der Waals surface area contributed by atoms with Gasteiger partial charge in [-0.3, -0.25) is 52.7 Å². The minimum absolute atomic E-state index is 0.0164. The summed E-state index contributed by atoms with van der Waals surface area (Å²) in [6.45, 7) is 11.1. The summed E-state index contributed by atoms with van der Waals surface area (Å²) in [5.74, 6) is -9.24. The number of amides is 11. The number of alkyl halides is 3.